The summed E-state index contributed by atoms with van der Waals surface area (Å²) in [7, 11) is 0. The Kier molecular flexibility index (Phi) is 3.14. The molecule has 0 aliphatic heterocycles. The van der Waals surface area contributed by atoms with E-state index in [1.54, 1.807) is 13.8 Å². The number of carbonyl (C=O) groups excluding carboxylic acids is 1. The zero-order valence-electron chi connectivity index (χ0n) is 9.40. The fourth-order valence-electron chi connectivity index (χ4n) is 1.25. The number of Topliss-reactive ketones (excluding diaryl/α,β-unsaturated/α-hetero) is 1. The van der Waals surface area contributed by atoms with Crippen LogP contribution >= 0.6 is 0 Å². The number of hydrogen-bond donors (Lipinski definition) is 2. The Hall–Kier alpha value is -1.69. The zero-order valence-corrected chi connectivity index (χ0v) is 9.40. The topological polar surface area (TPSA) is 92.2 Å². The van der Waals surface area contributed by atoms with Crippen molar-refractivity contribution in [3.05, 3.63) is 32.6 Å². The highest BCUT2D eigenvalue weighted by Crippen LogP contribution is 2.10. The highest BCUT2D eigenvalue weighted by molar-refractivity contribution is 5.93. The third-order valence-electron chi connectivity index (χ3n) is 2.36. The van der Waals surface area contributed by atoms with Gasteiger partial charge in [-0.05, 0) is 20.8 Å². The maximum Gasteiger partial charge on any atom is 0.328 e. The van der Waals surface area contributed by atoms with Gasteiger partial charge in [0, 0.05) is 6.20 Å². The van der Waals surface area contributed by atoms with Gasteiger partial charge in [0.25, 0.3) is 5.56 Å². The lowest BCUT2D eigenvalue weighted by Gasteiger charge is -2.24. The quantitative estimate of drug-likeness (QED) is 0.677. The summed E-state index contributed by atoms with van der Waals surface area (Å²) in [5.41, 5.74) is -2.32. The second-order valence-electron chi connectivity index (χ2n) is 4.20. The molecule has 6 nitrogen and oxygen atoms in total. The molecule has 0 saturated carbocycles. The van der Waals surface area contributed by atoms with Crippen molar-refractivity contribution >= 4 is 5.78 Å². The van der Waals surface area contributed by atoms with Crippen LogP contribution in [0.25, 0.3) is 0 Å². The van der Waals surface area contributed by atoms with Gasteiger partial charge < -0.3 is 5.11 Å². The minimum atomic E-state index is -0.870. The van der Waals surface area contributed by atoms with Gasteiger partial charge in [0.15, 0.2) is 5.78 Å². The Labute approximate surface area is 91.5 Å². The van der Waals surface area contributed by atoms with Crippen molar-refractivity contribution in [2.45, 2.75) is 26.3 Å². The molecule has 88 valence electrons. The Morgan fingerprint density at radius 2 is 2.06 bits per heavy atom. The maximum atomic E-state index is 11.5. The molecule has 1 heterocycles. The third kappa shape index (κ3) is 2.11. The lowest BCUT2D eigenvalue weighted by Crippen LogP contribution is -2.43. The first-order valence-corrected chi connectivity index (χ1v) is 4.78. The van der Waals surface area contributed by atoms with Crippen molar-refractivity contribution in [2.24, 2.45) is 0 Å². The van der Waals surface area contributed by atoms with Crippen molar-refractivity contribution in [2.75, 3.05) is 6.61 Å². The van der Waals surface area contributed by atoms with E-state index in [9.17, 15) is 14.4 Å². The molecule has 0 unspecified atom stereocenters. The monoisotopic (exact) mass is 226 g/mol. The summed E-state index contributed by atoms with van der Waals surface area (Å²) in [4.78, 5) is 36.0. The van der Waals surface area contributed by atoms with Gasteiger partial charge in [-0.2, -0.15) is 0 Å². The largest absolute Gasteiger partial charge is 0.394 e. The zero-order chi connectivity index (χ0) is 12.5. The SMILES string of the molecule is CC(=O)c1cn(C(C)(C)CO)c(=O)[nH]c1=O. The predicted molar refractivity (Wildman–Crippen MR) is 57.7 cm³/mol. The van der Waals surface area contributed by atoms with Gasteiger partial charge in [0.1, 0.15) is 0 Å². The summed E-state index contributed by atoms with van der Waals surface area (Å²) >= 11 is 0. The molecule has 1 rings (SSSR count). The number of aromatic nitrogens is 2. The molecule has 0 atom stereocenters. The van der Waals surface area contributed by atoms with E-state index < -0.39 is 22.6 Å². The van der Waals surface area contributed by atoms with Crippen LogP contribution in [0.3, 0.4) is 0 Å². The first kappa shape index (κ1) is 12.4. The molecular weight excluding hydrogens is 212 g/mol. The second kappa shape index (κ2) is 4.05. The highest BCUT2D eigenvalue weighted by atomic mass is 16.3. The molecule has 0 aliphatic rings. The molecular formula is C10H14N2O4. The van der Waals surface area contributed by atoms with Crippen molar-refractivity contribution < 1.29 is 9.90 Å². The van der Waals surface area contributed by atoms with Gasteiger partial charge in [-0.25, -0.2) is 4.79 Å². The molecule has 0 fully saturated rings. The van der Waals surface area contributed by atoms with Crippen LogP contribution in [-0.2, 0) is 5.54 Å². The van der Waals surface area contributed by atoms with Crippen molar-refractivity contribution in [3.63, 3.8) is 0 Å². The Balaban J connectivity index is 3.55. The molecule has 6 heteroatoms. The van der Waals surface area contributed by atoms with Crippen molar-refractivity contribution in [3.8, 4) is 0 Å². The summed E-state index contributed by atoms with van der Waals surface area (Å²) in [5, 5.41) is 9.13. The molecule has 0 radical (unpaired) electrons. The molecule has 0 bridgehead atoms. The summed E-state index contributed by atoms with van der Waals surface area (Å²) < 4.78 is 1.14. The lowest BCUT2D eigenvalue weighted by molar-refractivity contribution is 0.101. The highest BCUT2D eigenvalue weighted by Gasteiger charge is 2.22. The van der Waals surface area contributed by atoms with E-state index in [-0.39, 0.29) is 12.2 Å². The molecule has 2 N–H and O–H groups in total. The van der Waals surface area contributed by atoms with Crippen LogP contribution in [0.2, 0.25) is 0 Å². The molecule has 0 aliphatic carbocycles. The number of aliphatic hydroxyl groups is 1. The third-order valence-corrected chi connectivity index (χ3v) is 2.36. The molecule has 0 amide bonds. The van der Waals surface area contributed by atoms with E-state index in [0.29, 0.717) is 0 Å². The lowest BCUT2D eigenvalue weighted by atomic mass is 10.1. The number of H-pyrrole nitrogens is 1. The minimum absolute atomic E-state index is 0.0962. The van der Waals surface area contributed by atoms with Gasteiger partial charge >= 0.3 is 5.69 Å². The summed E-state index contributed by atoms with van der Waals surface area (Å²) in [6.45, 7) is 4.20. The van der Waals surface area contributed by atoms with Gasteiger partial charge in [-0.15, -0.1) is 0 Å². The normalized spacial score (nSPS) is 11.5. The van der Waals surface area contributed by atoms with Crippen LogP contribution in [0.1, 0.15) is 31.1 Å². The van der Waals surface area contributed by atoms with Crippen molar-refractivity contribution in [1.82, 2.24) is 9.55 Å². The van der Waals surface area contributed by atoms with Crippen molar-refractivity contribution in [1.29, 1.82) is 0 Å². The maximum absolute atomic E-state index is 11.5. The molecule has 0 spiro atoms. The smallest absolute Gasteiger partial charge is 0.328 e. The average molecular weight is 226 g/mol. The number of rotatable bonds is 3. The van der Waals surface area contributed by atoms with Crippen LogP contribution in [0.4, 0.5) is 0 Å². The number of nitrogens with zero attached hydrogens (tertiary/aromatic N) is 1. The Morgan fingerprint density at radius 3 is 2.50 bits per heavy atom. The Bertz CT molecular complexity index is 524. The van der Waals surface area contributed by atoms with Gasteiger partial charge in [0.05, 0.1) is 17.7 Å². The van der Waals surface area contributed by atoms with Gasteiger partial charge in [0.2, 0.25) is 0 Å². The second-order valence-corrected chi connectivity index (χ2v) is 4.20. The number of carbonyl (C=O) groups is 1. The van der Waals surface area contributed by atoms with Crippen LogP contribution in [-0.4, -0.2) is 27.0 Å². The molecule has 1 aromatic heterocycles. The summed E-state index contributed by atoms with van der Waals surface area (Å²) in [6, 6.07) is 0. The van der Waals surface area contributed by atoms with E-state index in [4.69, 9.17) is 5.11 Å². The first-order chi connectivity index (χ1) is 7.29. The summed E-state index contributed by atoms with van der Waals surface area (Å²) in [6.07, 6.45) is 1.18. The summed E-state index contributed by atoms with van der Waals surface area (Å²) in [5.74, 6) is -0.427. The molecule has 16 heavy (non-hydrogen) atoms. The van der Waals surface area contributed by atoms with Gasteiger partial charge in [-0.3, -0.25) is 19.1 Å². The van der Waals surface area contributed by atoms with E-state index in [2.05, 4.69) is 0 Å². The van der Waals surface area contributed by atoms with E-state index in [0.717, 1.165) is 4.57 Å². The number of nitrogens with one attached hydrogen (secondary N) is 1. The Morgan fingerprint density at radius 1 is 1.50 bits per heavy atom. The van der Waals surface area contributed by atoms with E-state index >= 15 is 0 Å². The fraction of sp³-hybridized carbons (Fsp3) is 0.500. The van der Waals surface area contributed by atoms with Crippen LogP contribution in [0.5, 0.6) is 0 Å². The van der Waals surface area contributed by atoms with Gasteiger partial charge in [-0.1, -0.05) is 0 Å². The predicted octanol–water partition coefficient (Wildman–Crippen LogP) is -0.533. The number of aromatic amines is 1. The van der Waals surface area contributed by atoms with Crippen LogP contribution in [0, 0.1) is 0 Å². The van der Waals surface area contributed by atoms with E-state index in [1.165, 1.54) is 13.1 Å². The van der Waals surface area contributed by atoms with E-state index in [1.807, 2.05) is 4.98 Å². The van der Waals surface area contributed by atoms with Crippen LogP contribution in [0.15, 0.2) is 15.8 Å². The number of aliphatic hydroxyl groups excluding tert-OH is 1. The fourth-order valence-corrected chi connectivity index (χ4v) is 1.25. The molecule has 1 aromatic rings. The minimum Gasteiger partial charge on any atom is -0.394 e. The average Bonchev–Trinajstić information content (AvgIpc) is 2.16. The molecule has 0 aromatic carbocycles. The first-order valence-electron chi connectivity index (χ1n) is 4.78. The standard InChI is InChI=1S/C10H14N2O4/c1-6(14)7-4-12(10(2,3)5-13)9(16)11-8(7)15/h4,13H,5H2,1-3H3,(H,11,15,16). The molecule has 0 saturated heterocycles. The van der Waals surface area contributed by atoms with Crippen LogP contribution < -0.4 is 11.2 Å². The number of ketones is 1. The number of hydrogen-bond acceptors (Lipinski definition) is 4.